The van der Waals surface area contributed by atoms with Crippen LogP contribution in [-0.4, -0.2) is 18.0 Å². The van der Waals surface area contributed by atoms with Gasteiger partial charge in [0.05, 0.1) is 12.6 Å². The van der Waals surface area contributed by atoms with Crippen LogP contribution in [0.4, 0.5) is 5.69 Å². The number of hydrogen-bond acceptors (Lipinski definition) is 3. The molecule has 0 aliphatic carbocycles. The largest absolute Gasteiger partial charge is 0.496 e. The van der Waals surface area contributed by atoms with Crippen molar-refractivity contribution >= 4 is 34.1 Å². The van der Waals surface area contributed by atoms with Gasteiger partial charge < -0.3 is 10.1 Å². The molecule has 0 aliphatic heterocycles. The number of methoxy groups -OCH3 is 1. The van der Waals surface area contributed by atoms with Crippen molar-refractivity contribution in [2.75, 3.05) is 12.4 Å². The van der Waals surface area contributed by atoms with E-state index in [1.54, 1.807) is 31.4 Å². The maximum Gasteiger partial charge on any atom is 0.274 e. The first-order chi connectivity index (χ1) is 11.1. The number of carbonyl (C=O) groups is 1. The van der Waals surface area contributed by atoms with E-state index in [0.717, 1.165) is 16.6 Å². The highest BCUT2D eigenvalue weighted by atomic mass is 35.5. The molecular weight excluding hydrogens is 312 g/mol. The number of nitrogens with one attached hydrogen (secondary N) is 1. The Labute approximate surface area is 139 Å². The Kier molecular flexibility index (Phi) is 4.17. The van der Waals surface area contributed by atoms with Crippen molar-refractivity contribution in [1.82, 2.24) is 4.98 Å². The van der Waals surface area contributed by atoms with Crippen LogP contribution in [0.1, 0.15) is 16.1 Å². The molecule has 0 fully saturated rings. The number of fused-ring (bicyclic) bond motifs is 1. The van der Waals surface area contributed by atoms with E-state index < -0.39 is 0 Å². The average Bonchev–Trinajstić information content (AvgIpc) is 2.56. The molecular formula is C18H15ClN2O2. The Morgan fingerprint density at radius 3 is 2.57 bits per heavy atom. The number of rotatable bonds is 3. The third kappa shape index (κ3) is 3.27. The Bertz CT molecular complexity index is 876. The number of anilines is 1. The number of aromatic nitrogens is 1. The molecule has 2 aromatic carbocycles. The number of ether oxygens (including phenoxy) is 1. The summed E-state index contributed by atoms with van der Waals surface area (Å²) in [5, 5.41) is 4.19. The fraction of sp³-hybridized carbons (Fsp3) is 0.111. The van der Waals surface area contributed by atoms with Crippen molar-refractivity contribution in [1.29, 1.82) is 0 Å². The molecule has 1 aromatic heterocycles. The van der Waals surface area contributed by atoms with Gasteiger partial charge in [0, 0.05) is 22.2 Å². The second kappa shape index (κ2) is 6.26. The lowest BCUT2D eigenvalue weighted by molar-refractivity contribution is 0.102. The highest BCUT2D eigenvalue weighted by Crippen LogP contribution is 2.28. The first-order valence-corrected chi connectivity index (χ1v) is 7.47. The molecule has 4 nitrogen and oxygen atoms in total. The van der Waals surface area contributed by atoms with Crippen LogP contribution < -0.4 is 10.1 Å². The number of nitrogens with zero attached hydrogens (tertiary/aromatic N) is 1. The molecule has 1 amide bonds. The third-order valence-corrected chi connectivity index (χ3v) is 3.73. The van der Waals surface area contributed by atoms with Crippen LogP contribution >= 0.6 is 11.6 Å². The molecule has 0 atom stereocenters. The van der Waals surface area contributed by atoms with Crippen molar-refractivity contribution < 1.29 is 9.53 Å². The highest BCUT2D eigenvalue weighted by Gasteiger charge is 2.13. The van der Waals surface area contributed by atoms with Crippen LogP contribution in [0.15, 0.2) is 48.5 Å². The monoisotopic (exact) mass is 326 g/mol. The first-order valence-electron chi connectivity index (χ1n) is 7.09. The third-order valence-electron chi connectivity index (χ3n) is 3.49. The molecule has 1 heterocycles. The molecule has 0 aliphatic rings. The number of aryl methyl sites for hydroxylation is 1. The second-order valence-corrected chi connectivity index (χ2v) is 5.63. The fourth-order valence-corrected chi connectivity index (χ4v) is 2.46. The van der Waals surface area contributed by atoms with E-state index in [1.165, 1.54) is 0 Å². The summed E-state index contributed by atoms with van der Waals surface area (Å²) in [7, 11) is 1.55. The van der Waals surface area contributed by atoms with Crippen LogP contribution in [0.3, 0.4) is 0 Å². The Morgan fingerprint density at radius 1 is 1.13 bits per heavy atom. The molecule has 0 saturated heterocycles. The quantitative estimate of drug-likeness (QED) is 0.773. The normalized spacial score (nSPS) is 10.6. The molecule has 0 radical (unpaired) electrons. The molecule has 0 unspecified atom stereocenters. The molecule has 0 spiro atoms. The Balaban J connectivity index is 1.97. The van der Waals surface area contributed by atoms with Gasteiger partial charge in [0.2, 0.25) is 0 Å². The van der Waals surface area contributed by atoms with Crippen LogP contribution in [-0.2, 0) is 0 Å². The molecule has 5 heteroatoms. The maximum absolute atomic E-state index is 12.4. The average molecular weight is 327 g/mol. The van der Waals surface area contributed by atoms with Crippen molar-refractivity contribution in [3.63, 3.8) is 0 Å². The van der Waals surface area contributed by atoms with Gasteiger partial charge >= 0.3 is 0 Å². The topological polar surface area (TPSA) is 51.2 Å². The van der Waals surface area contributed by atoms with Gasteiger partial charge in [-0.25, -0.2) is 4.98 Å². The summed E-state index contributed by atoms with van der Waals surface area (Å²) >= 11 is 6.01. The van der Waals surface area contributed by atoms with Gasteiger partial charge in [-0.15, -0.1) is 0 Å². The van der Waals surface area contributed by atoms with Gasteiger partial charge in [0.1, 0.15) is 11.4 Å². The van der Waals surface area contributed by atoms with Gasteiger partial charge in [0.15, 0.2) is 0 Å². The number of pyridine rings is 1. The molecule has 0 bridgehead atoms. The maximum atomic E-state index is 12.4. The van der Waals surface area contributed by atoms with E-state index in [9.17, 15) is 4.79 Å². The summed E-state index contributed by atoms with van der Waals surface area (Å²) in [4.78, 5) is 16.8. The molecule has 1 N–H and O–H groups in total. The van der Waals surface area contributed by atoms with Gasteiger partial charge in [-0.2, -0.15) is 0 Å². The molecule has 3 aromatic rings. The Morgan fingerprint density at radius 2 is 1.87 bits per heavy atom. The summed E-state index contributed by atoms with van der Waals surface area (Å²) in [6.07, 6.45) is 0. The summed E-state index contributed by atoms with van der Waals surface area (Å²) in [5.74, 6) is 0.274. The van der Waals surface area contributed by atoms with Crippen LogP contribution in [0.2, 0.25) is 5.02 Å². The van der Waals surface area contributed by atoms with Crippen LogP contribution in [0, 0.1) is 6.92 Å². The van der Waals surface area contributed by atoms with E-state index in [0.29, 0.717) is 16.3 Å². The first kappa shape index (κ1) is 15.3. The summed E-state index contributed by atoms with van der Waals surface area (Å²) in [6.45, 7) is 1.99. The van der Waals surface area contributed by atoms with E-state index in [-0.39, 0.29) is 11.6 Å². The standard InChI is InChI=1S/C18H15ClN2O2/c1-11-3-6-13(7-4-11)20-18(22)16-10-17(23-2)14-9-12(19)5-8-15(14)21-16/h3-10H,1-2H3,(H,20,22). The Hall–Kier alpha value is -2.59. The van der Waals surface area contributed by atoms with E-state index in [4.69, 9.17) is 16.3 Å². The second-order valence-electron chi connectivity index (χ2n) is 5.19. The van der Waals surface area contributed by atoms with Crippen LogP contribution in [0.25, 0.3) is 10.9 Å². The van der Waals surface area contributed by atoms with E-state index in [1.807, 2.05) is 31.2 Å². The lowest BCUT2D eigenvalue weighted by atomic mass is 10.1. The molecule has 116 valence electrons. The van der Waals surface area contributed by atoms with Crippen molar-refractivity contribution in [2.45, 2.75) is 6.92 Å². The summed E-state index contributed by atoms with van der Waals surface area (Å²) in [6, 6.07) is 14.5. The van der Waals surface area contributed by atoms with E-state index in [2.05, 4.69) is 10.3 Å². The molecule has 23 heavy (non-hydrogen) atoms. The predicted molar refractivity (Wildman–Crippen MR) is 92.4 cm³/mol. The van der Waals surface area contributed by atoms with Gasteiger partial charge in [0.25, 0.3) is 5.91 Å². The number of carbonyl (C=O) groups excluding carboxylic acids is 1. The lowest BCUT2D eigenvalue weighted by Crippen LogP contribution is -2.14. The molecule has 3 rings (SSSR count). The smallest absolute Gasteiger partial charge is 0.274 e. The minimum absolute atomic E-state index is 0.288. The van der Waals surface area contributed by atoms with E-state index >= 15 is 0 Å². The number of hydrogen-bond donors (Lipinski definition) is 1. The van der Waals surface area contributed by atoms with Crippen molar-refractivity contribution in [3.8, 4) is 5.75 Å². The zero-order valence-corrected chi connectivity index (χ0v) is 13.5. The fourth-order valence-electron chi connectivity index (χ4n) is 2.28. The zero-order valence-electron chi connectivity index (χ0n) is 12.8. The minimum Gasteiger partial charge on any atom is -0.496 e. The summed E-state index contributed by atoms with van der Waals surface area (Å²) in [5.41, 5.74) is 2.79. The molecule has 0 saturated carbocycles. The van der Waals surface area contributed by atoms with Crippen molar-refractivity contribution in [3.05, 3.63) is 64.8 Å². The van der Waals surface area contributed by atoms with Crippen molar-refractivity contribution in [2.24, 2.45) is 0 Å². The zero-order chi connectivity index (χ0) is 16.4. The predicted octanol–water partition coefficient (Wildman–Crippen LogP) is 4.46. The lowest BCUT2D eigenvalue weighted by Gasteiger charge is -2.09. The SMILES string of the molecule is COc1cc(C(=O)Nc2ccc(C)cc2)nc2ccc(Cl)cc12. The number of benzene rings is 2. The number of amides is 1. The van der Waals surface area contributed by atoms with Gasteiger partial charge in [-0.05, 0) is 37.3 Å². The van der Waals surface area contributed by atoms with Crippen LogP contribution in [0.5, 0.6) is 5.75 Å². The van der Waals surface area contributed by atoms with Gasteiger partial charge in [-0.3, -0.25) is 4.79 Å². The highest BCUT2D eigenvalue weighted by molar-refractivity contribution is 6.31. The summed E-state index contributed by atoms with van der Waals surface area (Å²) < 4.78 is 5.36. The minimum atomic E-state index is -0.288. The number of halogens is 1. The van der Waals surface area contributed by atoms with Gasteiger partial charge in [-0.1, -0.05) is 29.3 Å².